The van der Waals surface area contributed by atoms with Crippen LogP contribution in [0.4, 0.5) is 0 Å². The molecule has 0 atom stereocenters. The molecule has 0 fully saturated rings. The number of aliphatic hydroxyl groups excluding tert-OH is 1. The van der Waals surface area contributed by atoms with E-state index >= 15 is 0 Å². The van der Waals surface area contributed by atoms with Gasteiger partial charge in [0, 0.05) is 6.54 Å². The van der Waals surface area contributed by atoms with Crippen molar-refractivity contribution in [3.8, 4) is 0 Å². The number of likely N-dealkylation sites (N-methyl/N-ethyl adjacent to an activating group) is 1. The van der Waals surface area contributed by atoms with Gasteiger partial charge in [-0.2, -0.15) is 0 Å². The van der Waals surface area contributed by atoms with Gasteiger partial charge >= 0.3 is 0 Å². The Morgan fingerprint density at radius 2 is 1.57 bits per heavy atom. The van der Waals surface area contributed by atoms with Crippen LogP contribution in [0.3, 0.4) is 0 Å². The van der Waals surface area contributed by atoms with E-state index in [1.54, 1.807) is 12.2 Å². The van der Waals surface area contributed by atoms with Gasteiger partial charge in [-0.3, -0.25) is 0 Å². The Kier molecular flexibility index (Phi) is 9.18. The molecule has 2 aromatic carbocycles. The summed E-state index contributed by atoms with van der Waals surface area (Å²) >= 11 is 0. The van der Waals surface area contributed by atoms with Gasteiger partial charge in [0.15, 0.2) is 0 Å². The van der Waals surface area contributed by atoms with Gasteiger partial charge in [0.1, 0.15) is 5.76 Å². The number of aliphatic hydroxyl groups is 1. The number of nitrogens with one attached hydrogen (secondary N) is 1. The van der Waals surface area contributed by atoms with Crippen LogP contribution >= 0.6 is 0 Å². The van der Waals surface area contributed by atoms with Crippen molar-refractivity contribution in [1.82, 2.24) is 5.32 Å². The summed E-state index contributed by atoms with van der Waals surface area (Å²) in [4.78, 5) is 0. The van der Waals surface area contributed by atoms with Crippen LogP contribution in [0, 0.1) is 0 Å². The molecule has 0 aromatic heterocycles. The van der Waals surface area contributed by atoms with E-state index in [0.717, 1.165) is 18.5 Å². The zero-order valence-corrected chi connectivity index (χ0v) is 14.3. The van der Waals surface area contributed by atoms with Crippen LogP contribution in [0.2, 0.25) is 0 Å². The summed E-state index contributed by atoms with van der Waals surface area (Å²) < 4.78 is 0. The molecule has 0 aliphatic rings. The molecule has 2 N–H and O–H groups in total. The summed E-state index contributed by atoms with van der Waals surface area (Å²) in [5, 5.41) is 15.0. The van der Waals surface area contributed by atoms with Crippen LogP contribution in [-0.4, -0.2) is 18.7 Å². The summed E-state index contributed by atoms with van der Waals surface area (Å²) in [5.74, 6) is 0.303. The molecule has 2 nitrogen and oxygen atoms in total. The van der Waals surface area contributed by atoms with E-state index in [0.29, 0.717) is 5.76 Å². The topological polar surface area (TPSA) is 32.3 Å². The number of hydrogen-bond acceptors (Lipinski definition) is 2. The molecule has 0 radical (unpaired) electrons. The van der Waals surface area contributed by atoms with Gasteiger partial charge in [0.2, 0.25) is 0 Å². The van der Waals surface area contributed by atoms with E-state index in [1.165, 1.54) is 10.8 Å². The highest BCUT2D eigenvalue weighted by Gasteiger charge is 1.88. The molecule has 0 saturated heterocycles. The fourth-order valence-electron chi connectivity index (χ4n) is 2.07. The Hall–Kier alpha value is -2.32. The molecule has 2 heteroatoms. The Balaban J connectivity index is 0.000000235. The maximum atomic E-state index is 9.38. The van der Waals surface area contributed by atoms with Gasteiger partial charge in [-0.15, -0.1) is 0 Å². The summed E-state index contributed by atoms with van der Waals surface area (Å²) in [6.45, 7) is 4.84. The standard InChI is InChI=1S/C11H19NO.C10H8/c1-4-5-6-7-11(13)8-10(2)9-12-3;1-2-6-10-8-4-3-7-9(10)5-1/h5-8,12-13H,4,9H2,1-3H3;1-8H/b6-5+,10-8+,11-7+;. The summed E-state index contributed by atoms with van der Waals surface area (Å²) in [7, 11) is 1.88. The van der Waals surface area contributed by atoms with Crippen molar-refractivity contribution in [2.45, 2.75) is 20.3 Å². The zero-order chi connectivity index (χ0) is 16.9. The molecular formula is C21H27NO. The molecule has 122 valence electrons. The number of rotatable bonds is 5. The predicted molar refractivity (Wildman–Crippen MR) is 102 cm³/mol. The Labute approximate surface area is 139 Å². The summed E-state index contributed by atoms with van der Waals surface area (Å²) in [6, 6.07) is 16.7. The summed E-state index contributed by atoms with van der Waals surface area (Å²) in [5.41, 5.74) is 1.11. The third-order valence-corrected chi connectivity index (χ3v) is 3.15. The number of hydrogen-bond donors (Lipinski definition) is 2. The van der Waals surface area contributed by atoms with Crippen LogP contribution in [0.1, 0.15) is 20.3 Å². The van der Waals surface area contributed by atoms with Gasteiger partial charge < -0.3 is 10.4 Å². The fraction of sp³-hybridized carbons (Fsp3) is 0.238. The van der Waals surface area contributed by atoms with Crippen molar-refractivity contribution in [2.75, 3.05) is 13.6 Å². The van der Waals surface area contributed by atoms with Crippen molar-refractivity contribution in [3.05, 3.63) is 84.2 Å². The first-order valence-electron chi connectivity index (χ1n) is 7.98. The highest BCUT2D eigenvalue weighted by atomic mass is 16.3. The average Bonchev–Trinajstić information content (AvgIpc) is 2.56. The van der Waals surface area contributed by atoms with Crippen LogP contribution in [0.5, 0.6) is 0 Å². The molecule has 2 rings (SSSR count). The van der Waals surface area contributed by atoms with E-state index in [9.17, 15) is 5.11 Å². The molecule has 0 spiro atoms. The molecule has 23 heavy (non-hydrogen) atoms. The third-order valence-electron chi connectivity index (χ3n) is 3.15. The zero-order valence-electron chi connectivity index (χ0n) is 14.3. The molecule has 0 bridgehead atoms. The Morgan fingerprint density at radius 1 is 1.04 bits per heavy atom. The number of benzene rings is 2. The molecule has 0 aliphatic heterocycles. The van der Waals surface area contributed by atoms with Crippen LogP contribution < -0.4 is 5.32 Å². The van der Waals surface area contributed by atoms with Crippen molar-refractivity contribution in [3.63, 3.8) is 0 Å². The van der Waals surface area contributed by atoms with Crippen LogP contribution in [0.25, 0.3) is 10.8 Å². The van der Waals surface area contributed by atoms with E-state index < -0.39 is 0 Å². The SMILES string of the molecule is CC/C=C/C=C(O)\C=C(/C)CNC.c1ccc2ccccc2c1. The fourth-order valence-corrected chi connectivity index (χ4v) is 2.07. The maximum absolute atomic E-state index is 9.38. The highest BCUT2D eigenvalue weighted by Crippen LogP contribution is 2.11. The molecule has 0 aliphatic carbocycles. The first-order chi connectivity index (χ1) is 11.2. The van der Waals surface area contributed by atoms with Crippen molar-refractivity contribution < 1.29 is 5.11 Å². The molecule has 2 aromatic rings. The van der Waals surface area contributed by atoms with Gasteiger partial charge in [-0.1, -0.05) is 73.2 Å². The van der Waals surface area contributed by atoms with Crippen molar-refractivity contribution >= 4 is 10.8 Å². The highest BCUT2D eigenvalue weighted by molar-refractivity contribution is 5.81. The van der Waals surface area contributed by atoms with Crippen LogP contribution in [-0.2, 0) is 0 Å². The van der Waals surface area contributed by atoms with E-state index in [2.05, 4.69) is 60.8 Å². The quantitative estimate of drug-likeness (QED) is 0.572. The molecule has 0 unspecified atom stereocenters. The number of allylic oxidation sites excluding steroid dienone is 4. The second-order valence-electron chi connectivity index (χ2n) is 5.30. The second kappa shape index (κ2) is 11.3. The average molecular weight is 309 g/mol. The Bertz CT molecular complexity index is 603. The van der Waals surface area contributed by atoms with E-state index in [4.69, 9.17) is 0 Å². The lowest BCUT2D eigenvalue weighted by Gasteiger charge is -1.97. The lowest BCUT2D eigenvalue weighted by molar-refractivity contribution is 0.431. The molecule has 0 heterocycles. The lowest BCUT2D eigenvalue weighted by atomic mass is 10.1. The minimum atomic E-state index is 0.303. The first kappa shape index (κ1) is 18.7. The maximum Gasteiger partial charge on any atom is 0.115 e. The van der Waals surface area contributed by atoms with Crippen molar-refractivity contribution in [2.24, 2.45) is 0 Å². The first-order valence-corrected chi connectivity index (χ1v) is 7.98. The minimum Gasteiger partial charge on any atom is -0.508 e. The third kappa shape index (κ3) is 8.03. The predicted octanol–water partition coefficient (Wildman–Crippen LogP) is 5.40. The normalized spacial score (nSPS) is 12.3. The monoisotopic (exact) mass is 309 g/mol. The molecule has 0 saturated carbocycles. The summed E-state index contributed by atoms with van der Waals surface area (Å²) in [6.07, 6.45) is 8.30. The largest absolute Gasteiger partial charge is 0.508 e. The van der Waals surface area contributed by atoms with E-state index in [-0.39, 0.29) is 0 Å². The Morgan fingerprint density at radius 3 is 2.00 bits per heavy atom. The number of fused-ring (bicyclic) bond motifs is 1. The lowest BCUT2D eigenvalue weighted by Crippen LogP contribution is -2.08. The molecule has 0 amide bonds. The smallest absolute Gasteiger partial charge is 0.115 e. The van der Waals surface area contributed by atoms with Crippen molar-refractivity contribution in [1.29, 1.82) is 0 Å². The van der Waals surface area contributed by atoms with Crippen LogP contribution in [0.15, 0.2) is 84.2 Å². The van der Waals surface area contributed by atoms with Gasteiger partial charge in [-0.05, 0) is 43.3 Å². The van der Waals surface area contributed by atoms with Gasteiger partial charge in [0.25, 0.3) is 0 Å². The van der Waals surface area contributed by atoms with Gasteiger partial charge in [0.05, 0.1) is 0 Å². The van der Waals surface area contributed by atoms with Gasteiger partial charge in [-0.25, -0.2) is 0 Å². The second-order valence-corrected chi connectivity index (χ2v) is 5.30. The van der Waals surface area contributed by atoms with E-state index in [1.807, 2.05) is 26.1 Å². The molecular weight excluding hydrogens is 282 g/mol. The minimum absolute atomic E-state index is 0.303.